The van der Waals surface area contributed by atoms with Crippen LogP contribution >= 0.6 is 11.8 Å². The normalized spacial score (nSPS) is 19.4. The summed E-state index contributed by atoms with van der Waals surface area (Å²) in [6.07, 6.45) is 1.77. The van der Waals surface area contributed by atoms with Gasteiger partial charge in [-0.05, 0) is 19.9 Å². The van der Waals surface area contributed by atoms with Crippen LogP contribution in [0.25, 0.3) is 0 Å². The Labute approximate surface area is 106 Å². The van der Waals surface area contributed by atoms with Gasteiger partial charge in [-0.25, -0.2) is 0 Å². The van der Waals surface area contributed by atoms with Crippen LogP contribution in [-0.4, -0.2) is 39.0 Å². The topological polar surface area (TPSA) is 51.3 Å². The first-order chi connectivity index (χ1) is 7.89. The molecule has 0 saturated carbocycles. The molecule has 2 rings (SSSR count). The summed E-state index contributed by atoms with van der Waals surface area (Å²) in [4.78, 5) is 14.3. The number of nitrogens with zero attached hydrogens (tertiary/aromatic N) is 2. The van der Waals surface area contributed by atoms with Crippen molar-refractivity contribution in [2.45, 2.75) is 18.6 Å². The van der Waals surface area contributed by atoms with Crippen molar-refractivity contribution in [3.63, 3.8) is 0 Å². The first-order valence-electron chi connectivity index (χ1n) is 5.74. The molecule has 1 aromatic heterocycles. The molecule has 17 heavy (non-hydrogen) atoms. The monoisotopic (exact) mass is 253 g/mol. The van der Waals surface area contributed by atoms with Gasteiger partial charge in [0, 0.05) is 36.8 Å². The number of carbonyl (C=O) groups excluding carboxylic acids is 1. The van der Waals surface area contributed by atoms with Gasteiger partial charge in [0.25, 0.3) is 5.91 Å². The van der Waals surface area contributed by atoms with E-state index in [1.165, 1.54) is 0 Å². The zero-order chi connectivity index (χ0) is 12.6. The van der Waals surface area contributed by atoms with E-state index < -0.39 is 0 Å². The molecular weight excluding hydrogens is 234 g/mol. The van der Waals surface area contributed by atoms with E-state index in [2.05, 4.69) is 13.8 Å². The molecule has 1 aliphatic rings. The molecule has 1 aliphatic heterocycles. The summed E-state index contributed by atoms with van der Waals surface area (Å²) in [6.45, 7) is 5.96. The molecule has 4 nitrogen and oxygen atoms in total. The molecule has 1 fully saturated rings. The van der Waals surface area contributed by atoms with Crippen LogP contribution in [0.1, 0.15) is 24.3 Å². The van der Waals surface area contributed by atoms with Gasteiger partial charge in [0.05, 0.1) is 5.69 Å². The second-order valence-corrected chi connectivity index (χ2v) is 6.91. The van der Waals surface area contributed by atoms with Gasteiger partial charge in [0.2, 0.25) is 0 Å². The number of amides is 1. The number of aromatic nitrogens is 1. The molecule has 1 amide bonds. The highest BCUT2D eigenvalue weighted by Gasteiger charge is 2.31. The van der Waals surface area contributed by atoms with Crippen LogP contribution in [-0.2, 0) is 7.05 Å². The standard InChI is InChI=1S/C12H19N3OS/c1-12(2)8-15(4-5-17-12)11(16)10-6-9(13)7-14(10)3/h6-7H,4-5,8,13H2,1-3H3. The van der Waals surface area contributed by atoms with E-state index in [9.17, 15) is 4.79 Å². The van der Waals surface area contributed by atoms with Gasteiger partial charge in [-0.3, -0.25) is 4.79 Å². The van der Waals surface area contributed by atoms with Crippen LogP contribution in [0, 0.1) is 0 Å². The molecule has 5 heteroatoms. The summed E-state index contributed by atoms with van der Waals surface area (Å²) in [6, 6.07) is 1.75. The van der Waals surface area contributed by atoms with Crippen molar-refractivity contribution >= 4 is 23.4 Å². The molecule has 0 aromatic carbocycles. The highest BCUT2D eigenvalue weighted by Crippen LogP contribution is 2.30. The van der Waals surface area contributed by atoms with E-state index >= 15 is 0 Å². The lowest BCUT2D eigenvalue weighted by Gasteiger charge is -2.37. The number of aryl methyl sites for hydroxylation is 1. The Bertz CT molecular complexity index is 439. The maximum Gasteiger partial charge on any atom is 0.270 e. The molecule has 1 aromatic rings. The molecule has 0 aliphatic carbocycles. The van der Waals surface area contributed by atoms with Gasteiger partial charge in [0.1, 0.15) is 5.69 Å². The first-order valence-corrected chi connectivity index (χ1v) is 6.73. The summed E-state index contributed by atoms with van der Waals surface area (Å²) in [7, 11) is 1.85. The Balaban J connectivity index is 2.18. The lowest BCUT2D eigenvalue weighted by atomic mass is 10.1. The van der Waals surface area contributed by atoms with E-state index in [0.717, 1.165) is 18.8 Å². The summed E-state index contributed by atoms with van der Waals surface area (Å²) >= 11 is 1.92. The fourth-order valence-electron chi connectivity index (χ4n) is 2.15. The Morgan fingerprint density at radius 1 is 1.53 bits per heavy atom. The number of nitrogens with two attached hydrogens (primary N) is 1. The summed E-state index contributed by atoms with van der Waals surface area (Å²) in [5.41, 5.74) is 7.02. The number of nitrogen functional groups attached to an aromatic ring is 1. The molecule has 94 valence electrons. The lowest BCUT2D eigenvalue weighted by Crippen LogP contribution is -2.46. The quantitative estimate of drug-likeness (QED) is 0.826. The van der Waals surface area contributed by atoms with Gasteiger partial charge in [0.15, 0.2) is 0 Å². The Morgan fingerprint density at radius 2 is 2.24 bits per heavy atom. The van der Waals surface area contributed by atoms with Crippen LogP contribution in [0.3, 0.4) is 0 Å². The number of rotatable bonds is 1. The van der Waals surface area contributed by atoms with Gasteiger partial charge in [-0.15, -0.1) is 0 Å². The van der Waals surface area contributed by atoms with E-state index in [4.69, 9.17) is 5.73 Å². The Kier molecular flexibility index (Phi) is 3.12. The van der Waals surface area contributed by atoms with Crippen LogP contribution in [0.4, 0.5) is 5.69 Å². The zero-order valence-corrected chi connectivity index (χ0v) is 11.4. The number of anilines is 1. The number of carbonyl (C=O) groups is 1. The molecule has 1 saturated heterocycles. The molecule has 0 unspecified atom stereocenters. The summed E-state index contributed by atoms with van der Waals surface area (Å²) < 4.78 is 1.94. The van der Waals surface area contributed by atoms with Crippen molar-refractivity contribution in [1.82, 2.24) is 9.47 Å². The highest BCUT2D eigenvalue weighted by atomic mass is 32.2. The van der Waals surface area contributed by atoms with Gasteiger partial charge < -0.3 is 15.2 Å². The smallest absolute Gasteiger partial charge is 0.270 e. The van der Waals surface area contributed by atoms with E-state index in [-0.39, 0.29) is 10.7 Å². The zero-order valence-electron chi connectivity index (χ0n) is 10.6. The number of hydrogen-bond donors (Lipinski definition) is 1. The lowest BCUT2D eigenvalue weighted by molar-refractivity contribution is 0.0738. The van der Waals surface area contributed by atoms with E-state index in [0.29, 0.717) is 11.4 Å². The number of thioether (sulfide) groups is 1. The van der Waals surface area contributed by atoms with Crippen LogP contribution in [0.5, 0.6) is 0 Å². The SMILES string of the molecule is Cn1cc(N)cc1C(=O)N1CCSC(C)(C)C1. The van der Waals surface area contributed by atoms with Crippen molar-refractivity contribution in [3.05, 3.63) is 18.0 Å². The second kappa shape index (κ2) is 4.29. The molecule has 0 atom stereocenters. The van der Waals surface area contributed by atoms with Crippen LogP contribution < -0.4 is 5.73 Å². The maximum atomic E-state index is 12.4. The average Bonchev–Trinajstić information content (AvgIpc) is 2.55. The van der Waals surface area contributed by atoms with Crippen molar-refractivity contribution in [1.29, 1.82) is 0 Å². The third-order valence-corrected chi connectivity index (χ3v) is 4.26. The summed E-state index contributed by atoms with van der Waals surface area (Å²) in [5.74, 6) is 1.08. The van der Waals surface area contributed by atoms with Crippen molar-refractivity contribution in [2.24, 2.45) is 7.05 Å². The third-order valence-electron chi connectivity index (χ3n) is 2.96. The molecule has 2 heterocycles. The minimum absolute atomic E-state index is 0.0811. The minimum Gasteiger partial charge on any atom is -0.397 e. The van der Waals surface area contributed by atoms with Crippen molar-refractivity contribution in [2.75, 3.05) is 24.6 Å². The Morgan fingerprint density at radius 3 is 2.76 bits per heavy atom. The summed E-state index contributed by atoms with van der Waals surface area (Å²) in [5, 5.41) is 0. The van der Waals surface area contributed by atoms with E-state index in [1.807, 2.05) is 23.7 Å². The van der Waals surface area contributed by atoms with Crippen molar-refractivity contribution in [3.8, 4) is 0 Å². The highest BCUT2D eigenvalue weighted by molar-refractivity contribution is 8.00. The van der Waals surface area contributed by atoms with Gasteiger partial charge >= 0.3 is 0 Å². The Hall–Kier alpha value is -1.10. The predicted molar refractivity (Wildman–Crippen MR) is 72.3 cm³/mol. The molecule has 2 N–H and O–H groups in total. The first kappa shape index (κ1) is 12.4. The molecule has 0 spiro atoms. The minimum atomic E-state index is 0.0811. The van der Waals surface area contributed by atoms with Gasteiger partial charge in [-0.1, -0.05) is 0 Å². The largest absolute Gasteiger partial charge is 0.397 e. The fourth-order valence-corrected chi connectivity index (χ4v) is 3.27. The fraction of sp³-hybridized carbons (Fsp3) is 0.583. The van der Waals surface area contributed by atoms with E-state index in [1.54, 1.807) is 16.8 Å². The average molecular weight is 253 g/mol. The van der Waals surface area contributed by atoms with Crippen LogP contribution in [0.2, 0.25) is 0 Å². The molecular formula is C12H19N3OS. The van der Waals surface area contributed by atoms with Crippen LogP contribution in [0.15, 0.2) is 12.3 Å². The van der Waals surface area contributed by atoms with Crippen molar-refractivity contribution < 1.29 is 4.79 Å². The predicted octanol–water partition coefficient (Wildman–Crippen LogP) is 1.57. The van der Waals surface area contributed by atoms with Gasteiger partial charge in [-0.2, -0.15) is 11.8 Å². The maximum absolute atomic E-state index is 12.4. The molecule has 0 radical (unpaired) electrons. The number of hydrogen-bond acceptors (Lipinski definition) is 3. The second-order valence-electron chi connectivity index (χ2n) is 5.10. The molecule has 0 bridgehead atoms. The third kappa shape index (κ3) is 2.60.